The van der Waals surface area contributed by atoms with Crippen LogP contribution in [0.2, 0.25) is 0 Å². The predicted octanol–water partition coefficient (Wildman–Crippen LogP) is 3.23. The lowest BCUT2D eigenvalue weighted by Crippen LogP contribution is -2.46. The first kappa shape index (κ1) is 22.4. The summed E-state index contributed by atoms with van der Waals surface area (Å²) in [6, 6.07) is 5.61. The first-order chi connectivity index (χ1) is 13.3. The number of carbonyl (C=O) groups is 1. The quantitative estimate of drug-likeness (QED) is 0.443. The zero-order valence-corrected chi connectivity index (χ0v) is 18.7. The molecule has 0 saturated heterocycles. The van der Waals surface area contributed by atoms with E-state index in [4.69, 9.17) is 4.74 Å². The first-order valence-corrected chi connectivity index (χ1v) is 12.4. The van der Waals surface area contributed by atoms with E-state index in [1.54, 1.807) is 43.0 Å². The Bertz CT molecular complexity index is 884. The van der Waals surface area contributed by atoms with Crippen molar-refractivity contribution < 1.29 is 17.9 Å². The number of sulfonamides is 1. The number of benzene rings is 1. The highest BCUT2D eigenvalue weighted by Gasteiger charge is 2.32. The van der Waals surface area contributed by atoms with Crippen molar-refractivity contribution >= 4 is 49.8 Å². The average Bonchev–Trinajstić information content (AvgIpc) is 3.10. The molecule has 11 heteroatoms. The van der Waals surface area contributed by atoms with Gasteiger partial charge in [-0.1, -0.05) is 36.9 Å². The van der Waals surface area contributed by atoms with E-state index < -0.39 is 22.0 Å². The summed E-state index contributed by atoms with van der Waals surface area (Å²) in [5.41, 5.74) is 0.391. The van der Waals surface area contributed by atoms with Gasteiger partial charge in [0.15, 0.2) is 4.34 Å². The molecule has 0 aliphatic carbocycles. The van der Waals surface area contributed by atoms with Crippen LogP contribution in [0.3, 0.4) is 0 Å². The molecule has 1 amide bonds. The van der Waals surface area contributed by atoms with E-state index in [2.05, 4.69) is 22.4 Å². The molecule has 1 N–H and O–H groups in total. The van der Waals surface area contributed by atoms with Crippen LogP contribution in [0.5, 0.6) is 5.75 Å². The van der Waals surface area contributed by atoms with E-state index in [-0.39, 0.29) is 0 Å². The predicted molar refractivity (Wildman–Crippen MR) is 114 cm³/mol. The summed E-state index contributed by atoms with van der Waals surface area (Å²) in [5, 5.41) is 11.1. The molecule has 0 saturated carbocycles. The fourth-order valence-corrected chi connectivity index (χ4v) is 5.38. The molecule has 1 aromatic heterocycles. The third-order valence-corrected chi connectivity index (χ3v) is 7.08. The molecular formula is C17H24N4O4S3. The highest BCUT2D eigenvalue weighted by Crippen LogP contribution is 2.28. The van der Waals surface area contributed by atoms with Crippen molar-refractivity contribution in [3.05, 3.63) is 24.3 Å². The number of carbonyl (C=O) groups excluding carboxylic acids is 1. The van der Waals surface area contributed by atoms with Crippen LogP contribution in [0.15, 0.2) is 28.6 Å². The lowest BCUT2D eigenvalue weighted by molar-refractivity contribution is -0.117. The topological polar surface area (TPSA) is 101 Å². The van der Waals surface area contributed by atoms with Gasteiger partial charge in [0.1, 0.15) is 11.8 Å². The van der Waals surface area contributed by atoms with Crippen LogP contribution < -0.4 is 14.4 Å². The minimum atomic E-state index is -3.70. The zero-order valence-electron chi connectivity index (χ0n) is 16.2. The molecule has 0 bridgehead atoms. The third kappa shape index (κ3) is 5.82. The molecule has 8 nitrogen and oxygen atoms in total. The maximum absolute atomic E-state index is 12.8. The van der Waals surface area contributed by atoms with Crippen LogP contribution in [0.25, 0.3) is 0 Å². The summed E-state index contributed by atoms with van der Waals surface area (Å²) in [5.74, 6) is 1.06. The van der Waals surface area contributed by atoms with Crippen molar-refractivity contribution in [3.63, 3.8) is 0 Å². The zero-order chi connectivity index (χ0) is 20.7. The molecular weight excluding hydrogens is 420 g/mol. The van der Waals surface area contributed by atoms with E-state index in [1.165, 1.54) is 18.4 Å². The van der Waals surface area contributed by atoms with Gasteiger partial charge in [-0.3, -0.25) is 14.4 Å². The van der Waals surface area contributed by atoms with Gasteiger partial charge in [-0.05, 0) is 37.1 Å². The molecule has 154 valence electrons. The molecule has 1 heterocycles. The maximum Gasteiger partial charge on any atom is 0.250 e. The van der Waals surface area contributed by atoms with Gasteiger partial charge in [0.05, 0.1) is 19.1 Å². The van der Waals surface area contributed by atoms with E-state index in [1.807, 2.05) is 0 Å². The van der Waals surface area contributed by atoms with Crippen molar-refractivity contribution in [1.82, 2.24) is 10.2 Å². The van der Waals surface area contributed by atoms with Crippen molar-refractivity contribution in [2.24, 2.45) is 0 Å². The Hall–Kier alpha value is -1.85. The summed E-state index contributed by atoms with van der Waals surface area (Å²) in [6.45, 7) is 3.83. The molecule has 2 aromatic rings. The molecule has 0 radical (unpaired) electrons. The Morgan fingerprint density at radius 1 is 1.29 bits per heavy atom. The number of ether oxygens (including phenoxy) is 1. The van der Waals surface area contributed by atoms with Crippen LogP contribution in [-0.4, -0.2) is 49.7 Å². The molecule has 0 aliphatic heterocycles. The number of amides is 1. The number of rotatable bonds is 10. The third-order valence-electron chi connectivity index (χ3n) is 3.72. The van der Waals surface area contributed by atoms with Gasteiger partial charge in [0.2, 0.25) is 21.1 Å². The molecule has 0 unspecified atom stereocenters. The average molecular weight is 445 g/mol. The number of nitrogens with one attached hydrogen (secondary N) is 1. The van der Waals surface area contributed by atoms with Gasteiger partial charge >= 0.3 is 0 Å². The smallest absolute Gasteiger partial charge is 0.250 e. The molecule has 0 aliphatic rings. The normalized spacial score (nSPS) is 12.4. The van der Waals surface area contributed by atoms with Crippen molar-refractivity contribution in [1.29, 1.82) is 0 Å². The number of anilines is 2. The van der Waals surface area contributed by atoms with Crippen molar-refractivity contribution in [2.75, 3.05) is 28.7 Å². The van der Waals surface area contributed by atoms with Crippen LogP contribution in [-0.2, 0) is 14.8 Å². The number of hydrogen-bond donors (Lipinski definition) is 1. The second-order valence-electron chi connectivity index (χ2n) is 5.89. The minimum absolute atomic E-state index is 0.293. The molecule has 0 spiro atoms. The lowest BCUT2D eigenvalue weighted by Gasteiger charge is -2.29. The number of nitrogens with zero attached hydrogens (tertiary/aromatic N) is 3. The molecule has 2 rings (SSSR count). The van der Waals surface area contributed by atoms with Gasteiger partial charge in [-0.25, -0.2) is 8.42 Å². The monoisotopic (exact) mass is 444 g/mol. The van der Waals surface area contributed by atoms with Crippen LogP contribution in [0.1, 0.15) is 26.7 Å². The van der Waals surface area contributed by atoms with Gasteiger partial charge in [0, 0.05) is 5.75 Å². The molecule has 1 atom stereocenters. The Balaban J connectivity index is 2.24. The highest BCUT2D eigenvalue weighted by atomic mass is 32.2. The number of hydrogen-bond acceptors (Lipinski definition) is 8. The minimum Gasteiger partial charge on any atom is -0.497 e. The van der Waals surface area contributed by atoms with Gasteiger partial charge in [0.25, 0.3) is 0 Å². The van der Waals surface area contributed by atoms with Crippen LogP contribution in [0, 0.1) is 0 Å². The van der Waals surface area contributed by atoms with E-state index in [0.29, 0.717) is 23.0 Å². The summed E-state index contributed by atoms with van der Waals surface area (Å²) in [7, 11) is -2.17. The second kappa shape index (κ2) is 10.1. The maximum atomic E-state index is 12.8. The van der Waals surface area contributed by atoms with E-state index in [0.717, 1.165) is 27.1 Å². The van der Waals surface area contributed by atoms with Gasteiger partial charge in [-0.15, -0.1) is 10.2 Å². The summed E-state index contributed by atoms with van der Waals surface area (Å²) >= 11 is 2.84. The fraction of sp³-hybridized carbons (Fsp3) is 0.471. The molecule has 0 fully saturated rings. The Kier molecular flexibility index (Phi) is 8.08. The Labute approximate surface area is 173 Å². The summed E-state index contributed by atoms with van der Waals surface area (Å²) in [4.78, 5) is 12.8. The van der Waals surface area contributed by atoms with Gasteiger partial charge < -0.3 is 4.74 Å². The Morgan fingerprint density at radius 2 is 1.96 bits per heavy atom. The fourth-order valence-electron chi connectivity index (χ4n) is 2.49. The molecule has 28 heavy (non-hydrogen) atoms. The summed E-state index contributed by atoms with van der Waals surface area (Å²) < 4.78 is 31.9. The van der Waals surface area contributed by atoms with E-state index in [9.17, 15) is 13.2 Å². The Morgan fingerprint density at radius 3 is 2.50 bits per heavy atom. The number of aromatic nitrogens is 2. The standard InChI is InChI=1S/C17H24N4O4S3/c1-5-11-26-17-20-19-16(27-17)18-15(22)14(6-2)21(28(4,23)24)12-7-9-13(25-3)10-8-12/h7-10,14H,5-6,11H2,1-4H3,(H,18,19,22)/t14-/m1/s1. The van der Waals surface area contributed by atoms with Crippen molar-refractivity contribution in [2.45, 2.75) is 37.1 Å². The molecule has 1 aromatic carbocycles. The number of methoxy groups -OCH3 is 1. The highest BCUT2D eigenvalue weighted by molar-refractivity contribution is 8.01. The van der Waals surface area contributed by atoms with E-state index >= 15 is 0 Å². The first-order valence-electron chi connectivity index (χ1n) is 8.70. The van der Waals surface area contributed by atoms with Crippen LogP contribution in [0.4, 0.5) is 10.8 Å². The largest absolute Gasteiger partial charge is 0.497 e. The van der Waals surface area contributed by atoms with Gasteiger partial charge in [-0.2, -0.15) is 0 Å². The lowest BCUT2D eigenvalue weighted by atomic mass is 10.2. The van der Waals surface area contributed by atoms with Crippen LogP contribution >= 0.6 is 23.1 Å². The number of thioether (sulfide) groups is 1. The second-order valence-corrected chi connectivity index (χ2v) is 10.1. The SMILES string of the molecule is CCCSc1nnc(NC(=O)[C@@H](CC)N(c2ccc(OC)cc2)S(C)(=O)=O)s1. The van der Waals surface area contributed by atoms with Crippen molar-refractivity contribution in [3.8, 4) is 5.75 Å². The summed E-state index contributed by atoms with van der Waals surface area (Å²) in [6.07, 6.45) is 2.38.